The molecular formula is C18H18ClFN4O3. The summed E-state index contributed by atoms with van der Waals surface area (Å²) >= 11 is 6.10. The summed E-state index contributed by atoms with van der Waals surface area (Å²) in [4.78, 5) is 16.8. The van der Waals surface area contributed by atoms with Crippen LogP contribution in [0.2, 0.25) is 5.02 Å². The molecule has 0 aliphatic carbocycles. The Hall–Kier alpha value is -2.87. The Labute approximate surface area is 160 Å². The molecular weight excluding hydrogens is 375 g/mol. The van der Waals surface area contributed by atoms with Gasteiger partial charge in [0.1, 0.15) is 29.8 Å². The fraction of sp³-hybridized carbons (Fsp3) is 0.278. The van der Waals surface area contributed by atoms with Crippen molar-refractivity contribution in [2.75, 3.05) is 6.54 Å². The zero-order chi connectivity index (χ0) is 19.6. The van der Waals surface area contributed by atoms with Gasteiger partial charge in [-0.25, -0.2) is 4.39 Å². The molecule has 1 aliphatic heterocycles. The van der Waals surface area contributed by atoms with Crippen LogP contribution in [0.15, 0.2) is 36.0 Å². The van der Waals surface area contributed by atoms with E-state index in [2.05, 4.69) is 22.0 Å². The van der Waals surface area contributed by atoms with Crippen molar-refractivity contribution in [3.8, 4) is 5.75 Å². The summed E-state index contributed by atoms with van der Waals surface area (Å²) in [6, 6.07) is 2.69. The van der Waals surface area contributed by atoms with E-state index < -0.39 is 11.9 Å². The minimum atomic E-state index is -0.584. The van der Waals surface area contributed by atoms with E-state index in [1.165, 1.54) is 29.1 Å². The number of halogens is 2. The van der Waals surface area contributed by atoms with Gasteiger partial charge in [-0.05, 0) is 25.1 Å². The van der Waals surface area contributed by atoms with Crippen molar-refractivity contribution in [3.63, 3.8) is 0 Å². The molecule has 142 valence electrons. The summed E-state index contributed by atoms with van der Waals surface area (Å²) in [5.74, 6) is -0.131. The fourth-order valence-electron chi connectivity index (χ4n) is 2.52. The molecule has 0 fully saturated rings. The zero-order valence-corrected chi connectivity index (χ0v) is 15.6. The van der Waals surface area contributed by atoms with E-state index in [-0.39, 0.29) is 35.5 Å². The van der Waals surface area contributed by atoms with Crippen molar-refractivity contribution in [1.82, 2.24) is 15.1 Å². The van der Waals surface area contributed by atoms with Gasteiger partial charge in [-0.15, -0.1) is 0 Å². The molecule has 1 N–H and O–H groups in total. The van der Waals surface area contributed by atoms with Gasteiger partial charge in [0, 0.05) is 7.05 Å². The van der Waals surface area contributed by atoms with Gasteiger partial charge in [-0.3, -0.25) is 9.48 Å². The van der Waals surface area contributed by atoms with Crippen LogP contribution in [-0.4, -0.2) is 34.2 Å². The van der Waals surface area contributed by atoms with Crippen molar-refractivity contribution in [1.29, 1.82) is 0 Å². The average Bonchev–Trinajstić information content (AvgIpc) is 3.01. The van der Waals surface area contributed by atoms with E-state index in [9.17, 15) is 9.18 Å². The number of nitrogens with zero attached hydrogens (tertiary/aromatic N) is 3. The molecule has 0 bridgehead atoms. The Balaban J connectivity index is 2.06. The monoisotopic (exact) mass is 392 g/mol. The Bertz CT molecular complexity index is 926. The molecule has 0 radical (unpaired) electrons. The molecule has 1 atom stereocenters. The number of nitrogens with one attached hydrogen (secondary N) is 1. The van der Waals surface area contributed by atoms with Crippen molar-refractivity contribution >= 4 is 29.2 Å². The van der Waals surface area contributed by atoms with Crippen LogP contribution in [0.4, 0.5) is 10.2 Å². The SMILES string of the molecule is C=CC1=Nc2c(cnn2C)C(=O)NCC(C)Oc2ccc(F)c(Cl)c2CO1. The van der Waals surface area contributed by atoms with E-state index in [4.69, 9.17) is 21.1 Å². The summed E-state index contributed by atoms with van der Waals surface area (Å²) in [7, 11) is 1.65. The Morgan fingerprint density at radius 1 is 1.48 bits per heavy atom. The predicted octanol–water partition coefficient (Wildman–Crippen LogP) is 3.16. The van der Waals surface area contributed by atoms with Crippen molar-refractivity contribution in [2.45, 2.75) is 19.6 Å². The van der Waals surface area contributed by atoms with Gasteiger partial charge in [0.05, 0.1) is 23.3 Å². The molecule has 9 heteroatoms. The maximum atomic E-state index is 13.9. The topological polar surface area (TPSA) is 77.7 Å². The number of benzene rings is 1. The minimum absolute atomic E-state index is 0.0853. The number of aryl methyl sites for hydroxylation is 1. The highest BCUT2D eigenvalue weighted by Gasteiger charge is 2.21. The third-order valence-electron chi connectivity index (χ3n) is 3.94. The summed E-state index contributed by atoms with van der Waals surface area (Å²) in [6.45, 7) is 5.57. The summed E-state index contributed by atoms with van der Waals surface area (Å²) in [5, 5.41) is 6.74. The smallest absolute Gasteiger partial charge is 0.256 e. The lowest BCUT2D eigenvalue weighted by Crippen LogP contribution is -2.33. The van der Waals surface area contributed by atoms with Gasteiger partial charge in [0.15, 0.2) is 5.82 Å². The Morgan fingerprint density at radius 2 is 2.26 bits per heavy atom. The number of fused-ring (bicyclic) bond motifs is 2. The van der Waals surface area contributed by atoms with Crippen LogP contribution in [-0.2, 0) is 18.4 Å². The largest absolute Gasteiger partial charge is 0.488 e. The Morgan fingerprint density at radius 3 is 3.00 bits per heavy atom. The highest BCUT2D eigenvalue weighted by molar-refractivity contribution is 6.31. The van der Waals surface area contributed by atoms with Crippen molar-refractivity contribution in [3.05, 3.63) is 53.0 Å². The predicted molar refractivity (Wildman–Crippen MR) is 99.1 cm³/mol. The maximum absolute atomic E-state index is 13.9. The molecule has 1 aromatic carbocycles. The third-order valence-corrected chi connectivity index (χ3v) is 4.35. The third kappa shape index (κ3) is 3.95. The molecule has 1 amide bonds. The highest BCUT2D eigenvalue weighted by Crippen LogP contribution is 2.31. The summed E-state index contributed by atoms with van der Waals surface area (Å²) < 4.78 is 26.8. The van der Waals surface area contributed by atoms with Crippen LogP contribution < -0.4 is 10.1 Å². The number of carbonyl (C=O) groups excluding carboxylic acids is 1. The number of ether oxygens (including phenoxy) is 2. The molecule has 2 heterocycles. The number of carbonyl (C=O) groups is 1. The standard InChI is InChI=1S/C18H18ClFN4O3/c1-4-15-23-17-11(8-22-24(17)3)18(25)21-7-10(2)27-14-6-5-13(20)16(19)12(14)9-26-15/h4-6,8,10H,1,7,9H2,2-3H3,(H,21,25). The van der Waals surface area contributed by atoms with E-state index in [1.54, 1.807) is 14.0 Å². The second-order valence-corrected chi connectivity index (χ2v) is 6.30. The van der Waals surface area contributed by atoms with Gasteiger partial charge in [0.2, 0.25) is 5.90 Å². The fourth-order valence-corrected chi connectivity index (χ4v) is 2.73. The van der Waals surface area contributed by atoms with Crippen molar-refractivity contribution in [2.24, 2.45) is 12.0 Å². The van der Waals surface area contributed by atoms with Gasteiger partial charge in [-0.2, -0.15) is 10.1 Å². The highest BCUT2D eigenvalue weighted by atomic mass is 35.5. The summed E-state index contributed by atoms with van der Waals surface area (Å²) in [6.07, 6.45) is 2.40. The number of rotatable bonds is 1. The van der Waals surface area contributed by atoms with Crippen LogP contribution in [0.25, 0.3) is 0 Å². The minimum Gasteiger partial charge on any atom is -0.488 e. The van der Waals surface area contributed by atoms with Crippen LogP contribution in [0.3, 0.4) is 0 Å². The number of hydrogen-bond acceptors (Lipinski definition) is 5. The Kier molecular flexibility index (Phi) is 5.46. The molecule has 7 nitrogen and oxygen atoms in total. The molecule has 0 spiro atoms. The second kappa shape index (κ2) is 7.79. The average molecular weight is 393 g/mol. The lowest BCUT2D eigenvalue weighted by Gasteiger charge is -2.19. The normalized spacial score (nSPS) is 17.6. The second-order valence-electron chi connectivity index (χ2n) is 5.92. The van der Waals surface area contributed by atoms with Gasteiger partial charge < -0.3 is 14.8 Å². The van der Waals surface area contributed by atoms with Crippen LogP contribution in [0.5, 0.6) is 5.75 Å². The lowest BCUT2D eigenvalue weighted by atomic mass is 10.2. The van der Waals surface area contributed by atoms with Crippen LogP contribution in [0.1, 0.15) is 22.8 Å². The first kappa shape index (κ1) is 18.9. The molecule has 1 aliphatic rings. The zero-order valence-electron chi connectivity index (χ0n) is 14.8. The molecule has 2 aromatic rings. The van der Waals surface area contributed by atoms with E-state index in [0.29, 0.717) is 17.1 Å². The maximum Gasteiger partial charge on any atom is 0.256 e. The quantitative estimate of drug-likeness (QED) is 0.808. The first-order valence-electron chi connectivity index (χ1n) is 8.18. The van der Waals surface area contributed by atoms with Crippen molar-refractivity contribution < 1.29 is 18.7 Å². The molecule has 0 saturated heterocycles. The lowest BCUT2D eigenvalue weighted by molar-refractivity contribution is 0.0932. The van der Waals surface area contributed by atoms with E-state index in [0.717, 1.165) is 0 Å². The van der Waals surface area contributed by atoms with Gasteiger partial charge >= 0.3 is 0 Å². The molecule has 1 aromatic heterocycles. The summed E-state index contributed by atoms with van der Waals surface area (Å²) in [5.41, 5.74) is 0.627. The number of amides is 1. The van der Waals surface area contributed by atoms with Crippen LogP contribution in [0, 0.1) is 5.82 Å². The molecule has 3 rings (SSSR count). The molecule has 27 heavy (non-hydrogen) atoms. The number of aliphatic imine (C=N–C) groups is 1. The molecule has 0 saturated carbocycles. The van der Waals surface area contributed by atoms with E-state index in [1.807, 2.05) is 0 Å². The van der Waals surface area contributed by atoms with Gasteiger partial charge in [-0.1, -0.05) is 18.2 Å². The number of hydrogen-bond donors (Lipinski definition) is 1. The molecule has 1 unspecified atom stereocenters. The van der Waals surface area contributed by atoms with Gasteiger partial charge in [0.25, 0.3) is 5.91 Å². The first-order valence-corrected chi connectivity index (χ1v) is 8.56. The van der Waals surface area contributed by atoms with E-state index >= 15 is 0 Å². The number of aromatic nitrogens is 2. The first-order chi connectivity index (χ1) is 12.9. The van der Waals surface area contributed by atoms with Crippen LogP contribution >= 0.6 is 11.6 Å².